The average molecular weight is 322 g/mol. The van der Waals surface area contributed by atoms with E-state index in [0.717, 1.165) is 18.4 Å². The molecule has 0 bridgehead atoms. The smallest absolute Gasteiger partial charge is 0.322 e. The number of hydrogen-bond donors (Lipinski definition) is 2. The third-order valence-corrected chi connectivity index (χ3v) is 4.21. The summed E-state index contributed by atoms with van der Waals surface area (Å²) in [5.41, 5.74) is 0.604. The van der Waals surface area contributed by atoms with Crippen LogP contribution in [0.5, 0.6) is 0 Å². The van der Waals surface area contributed by atoms with E-state index in [1.807, 2.05) is 0 Å². The van der Waals surface area contributed by atoms with Crippen LogP contribution in [0.15, 0.2) is 5.38 Å². The maximum atomic E-state index is 11.6. The number of nitrogens with zero attached hydrogens (tertiary/aromatic N) is 1. The summed E-state index contributed by atoms with van der Waals surface area (Å²) in [5, 5.41) is 10.3. The number of nitrogens with one attached hydrogen (secondary N) is 1. The minimum Gasteiger partial charge on any atom is -0.481 e. The number of carbonyl (C=O) groups is 2. The van der Waals surface area contributed by atoms with Gasteiger partial charge in [0.2, 0.25) is 10.0 Å². The minimum absolute atomic E-state index is 0.0287. The Balaban J connectivity index is 2.55. The zero-order chi connectivity index (χ0) is 15.2. The largest absolute Gasteiger partial charge is 0.481 e. The molecule has 0 aliphatic carbocycles. The van der Waals surface area contributed by atoms with E-state index in [1.165, 1.54) is 0 Å². The summed E-state index contributed by atoms with van der Waals surface area (Å²) in [7, 11) is -2.74. The van der Waals surface area contributed by atoms with Crippen LogP contribution in [-0.4, -0.2) is 43.3 Å². The molecule has 0 fully saturated rings. The Bertz CT molecular complexity index is 580. The van der Waals surface area contributed by atoms with E-state index in [1.54, 1.807) is 5.38 Å². The second-order valence-electron chi connectivity index (χ2n) is 3.83. The van der Waals surface area contributed by atoms with Crippen molar-refractivity contribution in [3.8, 4) is 0 Å². The number of sulfonamides is 1. The molecule has 112 valence electrons. The van der Waals surface area contributed by atoms with Gasteiger partial charge in [-0.2, -0.15) is 0 Å². The van der Waals surface area contributed by atoms with E-state index < -0.39 is 27.7 Å². The molecule has 0 radical (unpaired) electrons. The number of carboxylic acids is 1. The first kappa shape index (κ1) is 16.4. The van der Waals surface area contributed by atoms with Gasteiger partial charge in [-0.3, -0.25) is 14.3 Å². The van der Waals surface area contributed by atoms with Gasteiger partial charge in [0.25, 0.3) is 0 Å². The molecule has 1 heterocycles. The lowest BCUT2D eigenvalue weighted by molar-refractivity contribution is -0.138. The summed E-state index contributed by atoms with van der Waals surface area (Å²) in [6.07, 6.45) is 0.899. The molecule has 1 aromatic rings. The summed E-state index contributed by atoms with van der Waals surface area (Å²) in [5.74, 6) is -2.53. The zero-order valence-corrected chi connectivity index (χ0v) is 12.3. The fraction of sp³-hybridized carbons (Fsp3) is 0.500. The van der Waals surface area contributed by atoms with Crippen molar-refractivity contribution in [2.75, 3.05) is 17.6 Å². The van der Waals surface area contributed by atoms with Crippen LogP contribution in [0.25, 0.3) is 0 Å². The van der Waals surface area contributed by atoms with Crippen molar-refractivity contribution >= 4 is 38.4 Å². The summed E-state index contributed by atoms with van der Waals surface area (Å²) in [4.78, 5) is 25.3. The number of methoxy groups -OCH3 is 1. The number of carboxylic acid groups (broad SMARTS) is 1. The molecule has 0 spiro atoms. The highest BCUT2D eigenvalue weighted by molar-refractivity contribution is 7.93. The standard InChI is InChI=1S/C10H14N2O6S2/c1-18-9(15)6-20(16,17)12-10-11-7(5-19-10)3-2-4-8(13)14/h5H,2-4,6H2,1H3,(H,11,12)(H,13,14). The number of ether oxygens (including phenoxy) is 1. The number of aromatic nitrogens is 1. The van der Waals surface area contributed by atoms with Gasteiger partial charge < -0.3 is 9.84 Å². The molecule has 0 saturated carbocycles. The van der Waals surface area contributed by atoms with Gasteiger partial charge in [-0.25, -0.2) is 13.4 Å². The van der Waals surface area contributed by atoms with Crippen molar-refractivity contribution in [2.45, 2.75) is 19.3 Å². The number of aryl methyl sites for hydroxylation is 1. The number of anilines is 1. The molecule has 1 aromatic heterocycles. The molecule has 20 heavy (non-hydrogen) atoms. The van der Waals surface area contributed by atoms with Crippen molar-refractivity contribution < 1.29 is 27.9 Å². The van der Waals surface area contributed by atoms with Crippen LogP contribution in [0.1, 0.15) is 18.5 Å². The molecule has 10 heteroatoms. The third-order valence-electron chi connectivity index (χ3n) is 2.15. The van der Waals surface area contributed by atoms with E-state index >= 15 is 0 Å². The van der Waals surface area contributed by atoms with E-state index in [0.29, 0.717) is 18.5 Å². The van der Waals surface area contributed by atoms with Gasteiger partial charge in [0.15, 0.2) is 10.9 Å². The SMILES string of the molecule is COC(=O)CS(=O)(=O)Nc1nc(CCCC(=O)O)cs1. The maximum absolute atomic E-state index is 11.6. The number of rotatable bonds is 8. The topological polar surface area (TPSA) is 123 Å². The maximum Gasteiger partial charge on any atom is 0.322 e. The fourth-order valence-electron chi connectivity index (χ4n) is 1.27. The number of hydrogen-bond acceptors (Lipinski definition) is 7. The highest BCUT2D eigenvalue weighted by Crippen LogP contribution is 2.18. The summed E-state index contributed by atoms with van der Waals surface area (Å²) >= 11 is 1.07. The minimum atomic E-state index is -3.84. The normalized spacial score (nSPS) is 11.1. The van der Waals surface area contributed by atoms with Crippen molar-refractivity contribution in [1.82, 2.24) is 4.98 Å². The Morgan fingerprint density at radius 3 is 2.80 bits per heavy atom. The lowest BCUT2D eigenvalue weighted by Crippen LogP contribution is -2.23. The van der Waals surface area contributed by atoms with Gasteiger partial charge in [-0.05, 0) is 12.8 Å². The first-order valence-electron chi connectivity index (χ1n) is 5.56. The average Bonchev–Trinajstić information content (AvgIpc) is 2.74. The Hall–Kier alpha value is -1.68. The Morgan fingerprint density at radius 1 is 1.50 bits per heavy atom. The van der Waals surface area contributed by atoms with Crippen LogP contribution in [0.2, 0.25) is 0 Å². The van der Waals surface area contributed by atoms with E-state index in [-0.39, 0.29) is 11.6 Å². The lowest BCUT2D eigenvalue weighted by atomic mass is 10.2. The number of aliphatic carboxylic acids is 1. The van der Waals surface area contributed by atoms with Crippen LogP contribution in [0.4, 0.5) is 5.13 Å². The second-order valence-corrected chi connectivity index (χ2v) is 6.41. The molecular weight excluding hydrogens is 308 g/mol. The summed E-state index contributed by atoms with van der Waals surface area (Å²) < 4.78 is 29.6. The van der Waals surface area contributed by atoms with Gasteiger partial charge in [-0.1, -0.05) is 0 Å². The van der Waals surface area contributed by atoms with Crippen LogP contribution in [0, 0.1) is 0 Å². The summed E-state index contributed by atoms with van der Waals surface area (Å²) in [6.45, 7) is 0. The molecular formula is C10H14N2O6S2. The quantitative estimate of drug-likeness (QED) is 0.667. The zero-order valence-electron chi connectivity index (χ0n) is 10.7. The molecule has 0 aliphatic rings. The third kappa shape index (κ3) is 5.97. The molecule has 0 unspecified atom stereocenters. The van der Waals surface area contributed by atoms with E-state index in [2.05, 4.69) is 14.4 Å². The molecule has 1 rings (SSSR count). The second kappa shape index (κ2) is 7.20. The predicted molar refractivity (Wildman–Crippen MR) is 72.1 cm³/mol. The predicted octanol–water partition coefficient (Wildman–Crippen LogP) is 0.465. The Labute approximate surface area is 119 Å². The Morgan fingerprint density at radius 2 is 2.20 bits per heavy atom. The van der Waals surface area contributed by atoms with Gasteiger partial charge in [0, 0.05) is 11.8 Å². The lowest BCUT2D eigenvalue weighted by Gasteiger charge is -2.03. The van der Waals surface area contributed by atoms with Crippen molar-refractivity contribution in [1.29, 1.82) is 0 Å². The fourth-order valence-corrected chi connectivity index (χ4v) is 3.25. The molecule has 0 aliphatic heterocycles. The van der Waals surface area contributed by atoms with Gasteiger partial charge >= 0.3 is 11.9 Å². The first-order chi connectivity index (χ1) is 9.32. The molecule has 0 amide bonds. The van der Waals surface area contributed by atoms with Gasteiger partial charge in [0.1, 0.15) is 0 Å². The highest BCUT2D eigenvalue weighted by Gasteiger charge is 2.18. The van der Waals surface area contributed by atoms with E-state index in [4.69, 9.17) is 5.11 Å². The van der Waals surface area contributed by atoms with Crippen LogP contribution in [-0.2, 0) is 30.8 Å². The number of esters is 1. The monoisotopic (exact) mass is 322 g/mol. The summed E-state index contributed by atoms with van der Waals surface area (Å²) in [6, 6.07) is 0. The van der Waals surface area contributed by atoms with Crippen LogP contribution in [0.3, 0.4) is 0 Å². The van der Waals surface area contributed by atoms with Crippen molar-refractivity contribution in [2.24, 2.45) is 0 Å². The van der Waals surface area contributed by atoms with Gasteiger partial charge in [0.05, 0.1) is 12.8 Å². The van der Waals surface area contributed by atoms with E-state index in [9.17, 15) is 18.0 Å². The number of thiazole rings is 1. The van der Waals surface area contributed by atoms with Crippen LogP contribution < -0.4 is 4.72 Å². The molecule has 8 nitrogen and oxygen atoms in total. The van der Waals surface area contributed by atoms with Crippen LogP contribution >= 0.6 is 11.3 Å². The first-order valence-corrected chi connectivity index (χ1v) is 8.09. The molecule has 0 saturated heterocycles. The molecule has 2 N–H and O–H groups in total. The Kier molecular flexibility index (Phi) is 5.89. The van der Waals surface area contributed by atoms with Gasteiger partial charge in [-0.15, -0.1) is 11.3 Å². The van der Waals surface area contributed by atoms with Crippen molar-refractivity contribution in [3.05, 3.63) is 11.1 Å². The highest BCUT2D eigenvalue weighted by atomic mass is 32.2. The molecule has 0 aromatic carbocycles. The van der Waals surface area contributed by atoms with Crippen molar-refractivity contribution in [3.63, 3.8) is 0 Å². The molecule has 0 atom stereocenters. The number of carbonyl (C=O) groups excluding carboxylic acids is 1.